The number of carboxylic acids is 1. The van der Waals surface area contributed by atoms with E-state index in [1.807, 2.05) is 37.3 Å². The Bertz CT molecular complexity index is 1240. The number of aromatic hydroxyl groups is 1. The number of nitrogens with zero attached hydrogens (tertiary/aromatic N) is 1. The molecule has 2 aromatic carbocycles. The highest BCUT2D eigenvalue weighted by atomic mass is 16.4. The van der Waals surface area contributed by atoms with Crippen molar-refractivity contribution in [3.05, 3.63) is 65.7 Å². The zero-order valence-corrected chi connectivity index (χ0v) is 24.5. The van der Waals surface area contributed by atoms with Gasteiger partial charge in [0.15, 0.2) is 5.96 Å². The van der Waals surface area contributed by atoms with E-state index in [2.05, 4.69) is 20.9 Å². The van der Waals surface area contributed by atoms with E-state index < -0.39 is 47.9 Å². The van der Waals surface area contributed by atoms with E-state index in [0.29, 0.717) is 18.4 Å². The van der Waals surface area contributed by atoms with Crippen molar-refractivity contribution in [3.8, 4) is 5.75 Å². The topological polar surface area (TPSA) is 235 Å². The molecule has 43 heavy (non-hydrogen) atoms. The molecule has 0 aromatic heterocycles. The number of nitrogens with one attached hydrogen (secondary N) is 3. The summed E-state index contributed by atoms with van der Waals surface area (Å²) in [6, 6.07) is 10.8. The summed E-state index contributed by atoms with van der Waals surface area (Å²) in [7, 11) is 0. The molecule has 5 atom stereocenters. The van der Waals surface area contributed by atoms with Crippen LogP contribution in [0.25, 0.3) is 0 Å². The van der Waals surface area contributed by atoms with E-state index in [4.69, 9.17) is 17.2 Å². The molecule has 5 unspecified atom stereocenters. The van der Waals surface area contributed by atoms with Crippen LogP contribution in [0.15, 0.2) is 59.6 Å². The third-order valence-electron chi connectivity index (χ3n) is 7.00. The van der Waals surface area contributed by atoms with Crippen LogP contribution in [0, 0.1) is 5.92 Å². The largest absolute Gasteiger partial charge is 0.508 e. The lowest BCUT2D eigenvalue weighted by atomic mass is 9.96. The lowest BCUT2D eigenvalue weighted by Gasteiger charge is -2.28. The van der Waals surface area contributed by atoms with Gasteiger partial charge in [-0.25, -0.2) is 4.79 Å². The predicted octanol–water partition coefficient (Wildman–Crippen LogP) is 0.143. The highest BCUT2D eigenvalue weighted by Crippen LogP contribution is 2.13. The normalized spacial score (nSPS) is 14.3. The number of hydrogen-bond donors (Lipinski definition) is 8. The van der Waals surface area contributed by atoms with Crippen molar-refractivity contribution in [3.63, 3.8) is 0 Å². The molecule has 3 amide bonds. The van der Waals surface area contributed by atoms with Crippen LogP contribution in [0.1, 0.15) is 44.2 Å². The third kappa shape index (κ3) is 12.0. The Morgan fingerprint density at radius 2 is 1.44 bits per heavy atom. The van der Waals surface area contributed by atoms with Gasteiger partial charge >= 0.3 is 5.97 Å². The molecule has 0 radical (unpaired) electrons. The summed E-state index contributed by atoms with van der Waals surface area (Å²) in [4.78, 5) is 55.7. The molecule has 13 heteroatoms. The van der Waals surface area contributed by atoms with Gasteiger partial charge in [0.05, 0.1) is 6.04 Å². The van der Waals surface area contributed by atoms with Gasteiger partial charge in [-0.2, -0.15) is 0 Å². The fraction of sp³-hybridized carbons (Fsp3) is 0.433. The summed E-state index contributed by atoms with van der Waals surface area (Å²) in [6.45, 7) is 3.83. The lowest BCUT2D eigenvalue weighted by Crippen LogP contribution is -2.59. The van der Waals surface area contributed by atoms with Crippen LogP contribution >= 0.6 is 0 Å². The first-order chi connectivity index (χ1) is 20.4. The van der Waals surface area contributed by atoms with Crippen LogP contribution < -0.4 is 33.2 Å². The number of amides is 3. The molecule has 0 saturated heterocycles. The van der Waals surface area contributed by atoms with Crippen molar-refractivity contribution >= 4 is 29.7 Å². The highest BCUT2D eigenvalue weighted by molar-refractivity contribution is 5.94. The number of aliphatic carboxylic acids is 1. The maximum Gasteiger partial charge on any atom is 0.326 e. The number of carbonyl (C=O) groups excluding carboxylic acids is 3. The van der Waals surface area contributed by atoms with Crippen LogP contribution in [0.4, 0.5) is 0 Å². The zero-order valence-electron chi connectivity index (χ0n) is 24.5. The average Bonchev–Trinajstić information content (AvgIpc) is 2.97. The average molecular weight is 598 g/mol. The maximum absolute atomic E-state index is 13.5. The first-order valence-electron chi connectivity index (χ1n) is 14.2. The third-order valence-corrected chi connectivity index (χ3v) is 7.00. The van der Waals surface area contributed by atoms with E-state index >= 15 is 0 Å². The van der Waals surface area contributed by atoms with Crippen LogP contribution in [0.5, 0.6) is 5.75 Å². The molecule has 11 N–H and O–H groups in total. The molecule has 234 valence electrons. The number of rotatable bonds is 17. The second-order valence-electron chi connectivity index (χ2n) is 10.4. The van der Waals surface area contributed by atoms with Crippen molar-refractivity contribution in [2.45, 2.75) is 70.1 Å². The molecular weight excluding hydrogens is 554 g/mol. The Morgan fingerprint density at radius 3 is 2.02 bits per heavy atom. The van der Waals surface area contributed by atoms with Gasteiger partial charge in [-0.3, -0.25) is 19.4 Å². The van der Waals surface area contributed by atoms with Gasteiger partial charge in [0.2, 0.25) is 17.7 Å². The van der Waals surface area contributed by atoms with Gasteiger partial charge in [0, 0.05) is 13.0 Å². The molecule has 0 aliphatic rings. The Labute approximate surface area is 251 Å². The number of hydrogen-bond acceptors (Lipinski definition) is 7. The standard InChI is InChI=1S/C30H43N7O6/c1-3-18(2)25(37-26(39)22(31)16-19-8-5-4-6-9-19)28(41)35-23(10-7-15-34-30(32)33)27(40)36-24(29(42)43)17-20-11-13-21(38)14-12-20/h4-6,8-9,11-14,18,22-25,38H,3,7,10,15-17,31H2,1-2H3,(H,35,41)(H,36,40)(H,37,39)(H,42,43)(H4,32,33,34). The molecule has 2 rings (SSSR count). The zero-order chi connectivity index (χ0) is 31.9. The fourth-order valence-corrected chi connectivity index (χ4v) is 4.30. The predicted molar refractivity (Wildman–Crippen MR) is 163 cm³/mol. The van der Waals surface area contributed by atoms with E-state index in [1.165, 1.54) is 12.1 Å². The smallest absolute Gasteiger partial charge is 0.326 e. The first kappa shape index (κ1) is 34.6. The van der Waals surface area contributed by atoms with Gasteiger partial charge in [-0.05, 0) is 48.4 Å². The van der Waals surface area contributed by atoms with Crippen LogP contribution in [0.2, 0.25) is 0 Å². The summed E-state index contributed by atoms with van der Waals surface area (Å²) in [5.74, 6) is -3.54. The number of benzene rings is 2. The van der Waals surface area contributed by atoms with Crippen LogP contribution in [0.3, 0.4) is 0 Å². The molecule has 0 saturated carbocycles. The van der Waals surface area contributed by atoms with Gasteiger partial charge < -0.3 is 43.4 Å². The van der Waals surface area contributed by atoms with E-state index in [0.717, 1.165) is 5.56 Å². The Hall–Kier alpha value is -4.65. The van der Waals surface area contributed by atoms with Crippen molar-refractivity contribution in [1.29, 1.82) is 0 Å². The maximum atomic E-state index is 13.5. The molecule has 0 heterocycles. The molecule has 2 aromatic rings. The van der Waals surface area contributed by atoms with Gasteiger partial charge in [-0.1, -0.05) is 62.7 Å². The number of phenolic OH excluding ortho intramolecular Hbond substituents is 1. The van der Waals surface area contributed by atoms with Crippen LogP contribution in [-0.2, 0) is 32.0 Å². The summed E-state index contributed by atoms with van der Waals surface area (Å²) < 4.78 is 0. The second-order valence-corrected chi connectivity index (χ2v) is 10.4. The molecule has 13 nitrogen and oxygen atoms in total. The molecule has 0 fully saturated rings. The van der Waals surface area contributed by atoms with E-state index in [9.17, 15) is 29.4 Å². The Morgan fingerprint density at radius 1 is 0.837 bits per heavy atom. The summed E-state index contributed by atoms with van der Waals surface area (Å²) in [5.41, 5.74) is 18.4. The number of carboxylic acid groups (broad SMARTS) is 1. The molecular formula is C30H43N7O6. The molecule has 0 bridgehead atoms. The number of carbonyl (C=O) groups is 4. The van der Waals surface area contributed by atoms with Gasteiger partial charge in [-0.15, -0.1) is 0 Å². The summed E-state index contributed by atoms with van der Waals surface area (Å²) in [5, 5.41) is 27.2. The van der Waals surface area contributed by atoms with Crippen molar-refractivity contribution in [1.82, 2.24) is 16.0 Å². The highest BCUT2D eigenvalue weighted by Gasteiger charge is 2.32. The minimum Gasteiger partial charge on any atom is -0.508 e. The number of nitrogens with two attached hydrogens (primary N) is 3. The second kappa shape index (κ2) is 17.3. The molecule has 0 aliphatic carbocycles. The minimum atomic E-state index is -1.31. The van der Waals surface area contributed by atoms with E-state index in [-0.39, 0.29) is 43.4 Å². The van der Waals surface area contributed by atoms with Gasteiger partial charge in [0.1, 0.15) is 23.9 Å². The monoisotopic (exact) mass is 597 g/mol. The SMILES string of the molecule is CCC(C)C(NC(=O)C(N)Cc1ccccc1)C(=O)NC(CCCN=C(N)N)C(=O)NC(Cc1ccc(O)cc1)C(=O)O. The fourth-order valence-electron chi connectivity index (χ4n) is 4.30. The van der Waals surface area contributed by atoms with Crippen molar-refractivity contribution < 1.29 is 29.4 Å². The lowest BCUT2D eigenvalue weighted by molar-refractivity contribution is -0.142. The Balaban J connectivity index is 2.19. The van der Waals surface area contributed by atoms with Crippen molar-refractivity contribution in [2.24, 2.45) is 28.1 Å². The number of guanidine groups is 1. The Kier molecular flexibility index (Phi) is 13.9. The summed E-state index contributed by atoms with van der Waals surface area (Å²) in [6.07, 6.45) is 1.15. The summed E-state index contributed by atoms with van der Waals surface area (Å²) >= 11 is 0. The quantitative estimate of drug-likeness (QED) is 0.0702. The first-order valence-corrected chi connectivity index (χ1v) is 14.2. The molecule has 0 aliphatic heterocycles. The number of aliphatic imine (C=N–C) groups is 1. The minimum absolute atomic E-state index is 0.0205. The number of phenols is 1. The molecule has 0 spiro atoms. The van der Waals surface area contributed by atoms with Crippen LogP contribution in [-0.4, -0.2) is 70.6 Å². The van der Waals surface area contributed by atoms with Crippen molar-refractivity contribution in [2.75, 3.05) is 6.54 Å². The van der Waals surface area contributed by atoms with Gasteiger partial charge in [0.25, 0.3) is 0 Å². The van der Waals surface area contributed by atoms with E-state index in [1.54, 1.807) is 19.1 Å².